The van der Waals surface area contributed by atoms with Gasteiger partial charge in [0.25, 0.3) is 0 Å². The topological polar surface area (TPSA) is 61.5 Å². The minimum atomic E-state index is -0.891. The highest BCUT2D eigenvalue weighted by molar-refractivity contribution is 5.85. The molecule has 4 nitrogen and oxygen atoms in total. The third-order valence-corrected chi connectivity index (χ3v) is 5.76. The lowest BCUT2D eigenvalue weighted by Gasteiger charge is -2.44. The normalized spacial score (nSPS) is 18.3. The van der Waals surface area contributed by atoms with Crippen molar-refractivity contribution in [3.05, 3.63) is 78.4 Å². The lowest BCUT2D eigenvalue weighted by molar-refractivity contribution is 0.0503. The number of nitrogens with one attached hydrogen (secondary N) is 1. The minimum Gasteiger partial charge on any atom is -0.376 e. The van der Waals surface area contributed by atoms with Gasteiger partial charge >= 0.3 is 0 Å². The number of benzene rings is 3. The predicted octanol–water partition coefficient (Wildman–Crippen LogP) is 3.56. The van der Waals surface area contributed by atoms with Gasteiger partial charge in [0.1, 0.15) is 6.23 Å². The highest BCUT2D eigenvalue weighted by Crippen LogP contribution is 2.30. The van der Waals surface area contributed by atoms with Crippen molar-refractivity contribution in [2.24, 2.45) is 5.73 Å². The van der Waals surface area contributed by atoms with Gasteiger partial charge in [0.15, 0.2) is 0 Å². The largest absolute Gasteiger partial charge is 0.376 e. The first-order valence-corrected chi connectivity index (χ1v) is 9.62. The number of fused-ring (bicyclic) bond motifs is 1. The highest BCUT2D eigenvalue weighted by Gasteiger charge is 2.39. The molecule has 0 aromatic heterocycles. The number of hydrogen-bond donors (Lipinski definition) is 3. The van der Waals surface area contributed by atoms with E-state index in [0.29, 0.717) is 0 Å². The maximum absolute atomic E-state index is 10.3. The number of anilines is 1. The summed E-state index contributed by atoms with van der Waals surface area (Å²) in [6, 6.07) is 25.1. The second-order valence-electron chi connectivity index (χ2n) is 7.51. The molecule has 0 radical (unpaired) electrons. The van der Waals surface area contributed by atoms with Crippen LogP contribution >= 0.6 is 0 Å². The molecular weight excluding hydrogens is 334 g/mol. The van der Waals surface area contributed by atoms with Crippen LogP contribution in [-0.2, 0) is 6.54 Å². The van der Waals surface area contributed by atoms with Crippen molar-refractivity contribution in [2.45, 2.75) is 31.2 Å². The van der Waals surface area contributed by atoms with Crippen molar-refractivity contribution in [3.63, 3.8) is 0 Å². The summed E-state index contributed by atoms with van der Waals surface area (Å²) in [6.07, 6.45) is 0.728. The molecule has 1 fully saturated rings. The molecule has 1 atom stereocenters. The summed E-state index contributed by atoms with van der Waals surface area (Å²) in [5.41, 5.74) is 7.88. The zero-order chi connectivity index (χ0) is 18.7. The molecule has 140 valence electrons. The zero-order valence-electron chi connectivity index (χ0n) is 15.5. The summed E-state index contributed by atoms with van der Waals surface area (Å²) in [7, 11) is 0. The van der Waals surface area contributed by atoms with Crippen LogP contribution in [0.25, 0.3) is 10.8 Å². The van der Waals surface area contributed by atoms with Gasteiger partial charge in [-0.1, -0.05) is 60.7 Å². The monoisotopic (exact) mass is 361 g/mol. The molecule has 0 bridgehead atoms. The van der Waals surface area contributed by atoms with E-state index in [1.54, 1.807) is 0 Å². The second kappa shape index (κ2) is 7.69. The maximum atomic E-state index is 10.3. The molecule has 4 N–H and O–H groups in total. The minimum absolute atomic E-state index is 0.476. The first-order valence-electron chi connectivity index (χ1n) is 9.62. The van der Waals surface area contributed by atoms with Crippen molar-refractivity contribution in [1.82, 2.24) is 4.90 Å². The third kappa shape index (κ3) is 3.83. The molecule has 4 heteroatoms. The van der Waals surface area contributed by atoms with Gasteiger partial charge in [-0.2, -0.15) is 0 Å². The Morgan fingerprint density at radius 3 is 2.33 bits per heavy atom. The number of aliphatic hydroxyl groups excluding tert-OH is 1. The molecule has 1 aliphatic heterocycles. The van der Waals surface area contributed by atoms with Gasteiger partial charge in [-0.25, -0.2) is 0 Å². The molecule has 0 spiro atoms. The Labute approximate surface area is 160 Å². The van der Waals surface area contributed by atoms with Crippen molar-refractivity contribution in [2.75, 3.05) is 18.4 Å². The molecule has 1 aliphatic rings. The van der Waals surface area contributed by atoms with Crippen LogP contribution in [0.3, 0.4) is 0 Å². The Kier molecular flexibility index (Phi) is 5.12. The Hall–Kier alpha value is -2.40. The van der Waals surface area contributed by atoms with E-state index in [9.17, 15) is 5.11 Å². The van der Waals surface area contributed by atoms with Gasteiger partial charge in [-0.05, 0) is 41.3 Å². The first kappa shape index (κ1) is 18.0. The summed E-state index contributed by atoms with van der Waals surface area (Å²) in [4.78, 5) is 2.45. The summed E-state index contributed by atoms with van der Waals surface area (Å²) in [6.45, 7) is 2.72. The third-order valence-electron chi connectivity index (χ3n) is 5.76. The van der Waals surface area contributed by atoms with Crippen LogP contribution in [0.5, 0.6) is 0 Å². The summed E-state index contributed by atoms with van der Waals surface area (Å²) < 4.78 is 0. The van der Waals surface area contributed by atoms with E-state index in [4.69, 9.17) is 5.73 Å². The summed E-state index contributed by atoms with van der Waals surface area (Å²) in [5, 5.41) is 16.4. The molecule has 0 aliphatic carbocycles. The van der Waals surface area contributed by atoms with E-state index in [-0.39, 0.29) is 0 Å². The smallest absolute Gasteiger partial charge is 0.125 e. The molecule has 4 rings (SSSR count). The average molecular weight is 361 g/mol. The number of aliphatic hydroxyl groups is 1. The van der Waals surface area contributed by atoms with Gasteiger partial charge in [-0.3, -0.25) is 4.90 Å². The highest BCUT2D eigenvalue weighted by atomic mass is 16.3. The average Bonchev–Trinajstić information content (AvgIpc) is 2.70. The standard InChI is InChI=1S/C23H27N3O/c24-22(27)23(25-20-10-2-1-3-11-20)13-15-26(16-14-23)17-19-9-6-8-18-7-4-5-12-21(18)19/h1-12,22,25,27H,13-17,24H2. The fourth-order valence-electron chi connectivity index (χ4n) is 4.09. The summed E-state index contributed by atoms with van der Waals surface area (Å²) >= 11 is 0. The molecule has 0 amide bonds. The van der Waals surface area contributed by atoms with Gasteiger partial charge < -0.3 is 16.2 Å². The van der Waals surface area contributed by atoms with E-state index < -0.39 is 11.8 Å². The number of piperidine rings is 1. The maximum Gasteiger partial charge on any atom is 0.125 e. The Bertz CT molecular complexity index is 881. The van der Waals surface area contributed by atoms with Crippen molar-refractivity contribution in [3.8, 4) is 0 Å². The Morgan fingerprint density at radius 1 is 0.926 bits per heavy atom. The quantitative estimate of drug-likeness (QED) is 0.608. The van der Waals surface area contributed by atoms with Crippen LogP contribution in [0.4, 0.5) is 5.69 Å². The van der Waals surface area contributed by atoms with Crippen molar-refractivity contribution >= 4 is 16.5 Å². The van der Waals surface area contributed by atoms with E-state index in [1.165, 1.54) is 16.3 Å². The van der Waals surface area contributed by atoms with Crippen LogP contribution in [0.2, 0.25) is 0 Å². The van der Waals surface area contributed by atoms with E-state index in [1.807, 2.05) is 30.3 Å². The van der Waals surface area contributed by atoms with Crippen LogP contribution in [0, 0.1) is 0 Å². The molecule has 1 unspecified atom stereocenters. The van der Waals surface area contributed by atoms with Crippen molar-refractivity contribution < 1.29 is 5.11 Å². The Morgan fingerprint density at radius 2 is 1.59 bits per heavy atom. The second-order valence-corrected chi connectivity index (χ2v) is 7.51. The van der Waals surface area contributed by atoms with Crippen LogP contribution in [0.1, 0.15) is 18.4 Å². The fraction of sp³-hybridized carbons (Fsp3) is 0.304. The van der Waals surface area contributed by atoms with Crippen LogP contribution < -0.4 is 11.1 Å². The number of hydrogen-bond acceptors (Lipinski definition) is 4. The molecule has 0 saturated carbocycles. The van der Waals surface area contributed by atoms with Gasteiger partial charge in [0.05, 0.1) is 5.54 Å². The predicted molar refractivity (Wildman–Crippen MR) is 111 cm³/mol. The fourth-order valence-corrected chi connectivity index (χ4v) is 4.09. The first-order chi connectivity index (χ1) is 13.2. The van der Waals surface area contributed by atoms with E-state index in [2.05, 4.69) is 52.7 Å². The zero-order valence-corrected chi connectivity index (χ0v) is 15.5. The molecule has 27 heavy (non-hydrogen) atoms. The van der Waals surface area contributed by atoms with Gasteiger partial charge in [0, 0.05) is 25.3 Å². The molecule has 3 aromatic carbocycles. The van der Waals surface area contributed by atoms with Crippen molar-refractivity contribution in [1.29, 1.82) is 0 Å². The molecule has 1 heterocycles. The number of nitrogens with zero attached hydrogens (tertiary/aromatic N) is 1. The summed E-state index contributed by atoms with van der Waals surface area (Å²) in [5.74, 6) is 0. The number of likely N-dealkylation sites (tertiary alicyclic amines) is 1. The van der Waals surface area contributed by atoms with Crippen LogP contribution in [0.15, 0.2) is 72.8 Å². The SMILES string of the molecule is NC(O)C1(Nc2ccccc2)CCN(Cc2cccc3ccccc23)CC1. The van der Waals surface area contributed by atoms with Gasteiger partial charge in [-0.15, -0.1) is 0 Å². The lowest BCUT2D eigenvalue weighted by Crippen LogP contribution is -2.59. The number of nitrogens with two attached hydrogens (primary N) is 1. The molecular formula is C23H27N3O. The Balaban J connectivity index is 1.47. The number of para-hydroxylation sites is 1. The number of rotatable bonds is 5. The van der Waals surface area contributed by atoms with Gasteiger partial charge in [0.2, 0.25) is 0 Å². The van der Waals surface area contributed by atoms with E-state index in [0.717, 1.165) is 38.2 Å². The van der Waals surface area contributed by atoms with E-state index >= 15 is 0 Å². The van der Waals surface area contributed by atoms with Crippen LogP contribution in [-0.4, -0.2) is 34.9 Å². The lowest BCUT2D eigenvalue weighted by atomic mass is 9.85. The molecule has 1 saturated heterocycles. The molecule has 3 aromatic rings.